The topological polar surface area (TPSA) is 91.4 Å². The molecule has 0 radical (unpaired) electrons. The summed E-state index contributed by atoms with van der Waals surface area (Å²) in [6.07, 6.45) is 0.445. The number of carbonyl (C=O) groups is 3. The second kappa shape index (κ2) is 7.46. The fourth-order valence-corrected chi connectivity index (χ4v) is 4.00. The molecule has 1 aromatic heterocycles. The number of carbonyl (C=O) groups excluding carboxylic acids is 3. The smallest absolute Gasteiger partial charge is 0.322 e. The molecule has 1 fully saturated rings. The van der Waals surface area contributed by atoms with Crippen LogP contribution in [0.2, 0.25) is 0 Å². The standard InChI is InChI=1S/C17H18N4O3S2/c1-3-17(2)14(23)21(15(24)19-17)20-13(22)10-26-16-18-12(9-25-16)11-7-5-4-6-8-11/h4-9H,3,10H2,1-2H3,(H,19,24)(H,20,22). The zero-order chi connectivity index (χ0) is 18.7. The number of imide groups is 1. The summed E-state index contributed by atoms with van der Waals surface area (Å²) >= 11 is 2.71. The van der Waals surface area contributed by atoms with Crippen LogP contribution >= 0.6 is 23.1 Å². The molecule has 1 aromatic carbocycles. The summed E-state index contributed by atoms with van der Waals surface area (Å²) in [5.41, 5.74) is 3.26. The minimum Gasteiger partial charge on any atom is -0.322 e. The van der Waals surface area contributed by atoms with Gasteiger partial charge in [0.15, 0.2) is 4.34 Å². The van der Waals surface area contributed by atoms with Gasteiger partial charge in [-0.3, -0.25) is 15.0 Å². The monoisotopic (exact) mass is 390 g/mol. The number of amides is 4. The number of nitrogens with one attached hydrogen (secondary N) is 2. The number of thioether (sulfide) groups is 1. The third-order valence-electron chi connectivity index (χ3n) is 4.08. The molecule has 2 aromatic rings. The van der Waals surface area contributed by atoms with Crippen LogP contribution < -0.4 is 10.7 Å². The van der Waals surface area contributed by atoms with E-state index >= 15 is 0 Å². The maximum atomic E-state index is 12.2. The lowest BCUT2D eigenvalue weighted by Crippen LogP contribution is -2.49. The van der Waals surface area contributed by atoms with Crippen molar-refractivity contribution in [1.82, 2.24) is 20.7 Å². The molecule has 2 N–H and O–H groups in total. The second-order valence-corrected chi connectivity index (χ2v) is 8.03. The van der Waals surface area contributed by atoms with Crippen LogP contribution in [0.15, 0.2) is 40.1 Å². The molecule has 7 nitrogen and oxygen atoms in total. The van der Waals surface area contributed by atoms with Crippen LogP contribution in [0.5, 0.6) is 0 Å². The van der Waals surface area contributed by atoms with Crippen molar-refractivity contribution >= 4 is 40.9 Å². The van der Waals surface area contributed by atoms with Crippen molar-refractivity contribution in [3.05, 3.63) is 35.7 Å². The Kier molecular flexibility index (Phi) is 5.28. The van der Waals surface area contributed by atoms with E-state index in [2.05, 4.69) is 15.7 Å². The van der Waals surface area contributed by atoms with Crippen molar-refractivity contribution in [2.45, 2.75) is 30.1 Å². The van der Waals surface area contributed by atoms with Crippen molar-refractivity contribution in [2.75, 3.05) is 5.75 Å². The van der Waals surface area contributed by atoms with Gasteiger partial charge < -0.3 is 5.32 Å². The van der Waals surface area contributed by atoms with E-state index in [1.54, 1.807) is 13.8 Å². The lowest BCUT2D eigenvalue weighted by molar-refractivity contribution is -0.137. The zero-order valence-electron chi connectivity index (χ0n) is 14.3. The van der Waals surface area contributed by atoms with E-state index in [1.807, 2.05) is 35.7 Å². The van der Waals surface area contributed by atoms with Crippen LogP contribution in [0.25, 0.3) is 11.3 Å². The van der Waals surface area contributed by atoms with Gasteiger partial charge in [0.05, 0.1) is 11.4 Å². The van der Waals surface area contributed by atoms with Gasteiger partial charge in [-0.25, -0.2) is 9.78 Å². The molecule has 1 aliphatic rings. The Balaban J connectivity index is 1.56. The summed E-state index contributed by atoms with van der Waals surface area (Å²) in [4.78, 5) is 40.7. The Labute approximate surface area is 159 Å². The number of hydrogen-bond donors (Lipinski definition) is 2. The molecule has 0 bridgehead atoms. The summed E-state index contributed by atoms with van der Waals surface area (Å²) in [6.45, 7) is 3.43. The first-order valence-corrected chi connectivity index (χ1v) is 9.89. The van der Waals surface area contributed by atoms with E-state index in [0.29, 0.717) is 6.42 Å². The fourth-order valence-electron chi connectivity index (χ4n) is 2.37. The number of nitrogens with zero attached hydrogens (tertiary/aromatic N) is 2. The van der Waals surface area contributed by atoms with Crippen LogP contribution in [-0.2, 0) is 9.59 Å². The van der Waals surface area contributed by atoms with Gasteiger partial charge in [-0.15, -0.1) is 11.3 Å². The Bertz CT molecular complexity index is 840. The Morgan fingerprint density at radius 2 is 2.08 bits per heavy atom. The number of rotatable bonds is 6. The molecule has 26 heavy (non-hydrogen) atoms. The van der Waals surface area contributed by atoms with Crippen molar-refractivity contribution in [2.24, 2.45) is 0 Å². The van der Waals surface area contributed by atoms with E-state index in [1.165, 1.54) is 23.1 Å². The third kappa shape index (κ3) is 3.73. The first-order chi connectivity index (χ1) is 12.4. The van der Waals surface area contributed by atoms with Crippen LogP contribution in [-0.4, -0.2) is 39.1 Å². The van der Waals surface area contributed by atoms with Gasteiger partial charge in [0.1, 0.15) is 5.54 Å². The molecule has 136 valence electrons. The highest BCUT2D eigenvalue weighted by atomic mass is 32.2. The molecule has 1 atom stereocenters. The maximum absolute atomic E-state index is 12.2. The van der Waals surface area contributed by atoms with Gasteiger partial charge in [0, 0.05) is 10.9 Å². The van der Waals surface area contributed by atoms with Gasteiger partial charge in [0.2, 0.25) is 5.91 Å². The average Bonchev–Trinajstić information content (AvgIpc) is 3.20. The van der Waals surface area contributed by atoms with E-state index in [0.717, 1.165) is 20.6 Å². The van der Waals surface area contributed by atoms with E-state index in [4.69, 9.17) is 0 Å². The number of hydrazine groups is 1. The average molecular weight is 390 g/mol. The molecule has 0 aliphatic carbocycles. The predicted molar refractivity (Wildman–Crippen MR) is 100 cm³/mol. The Morgan fingerprint density at radius 1 is 1.35 bits per heavy atom. The van der Waals surface area contributed by atoms with E-state index < -0.39 is 23.4 Å². The summed E-state index contributed by atoms with van der Waals surface area (Å²) in [5, 5.41) is 5.27. The maximum Gasteiger partial charge on any atom is 0.344 e. The fraction of sp³-hybridized carbons (Fsp3) is 0.294. The molecular weight excluding hydrogens is 372 g/mol. The third-order valence-corrected chi connectivity index (χ3v) is 6.11. The molecular formula is C17H18N4O3S2. The van der Waals surface area contributed by atoms with Crippen molar-refractivity contribution in [1.29, 1.82) is 0 Å². The van der Waals surface area contributed by atoms with Gasteiger partial charge >= 0.3 is 6.03 Å². The number of benzene rings is 1. The van der Waals surface area contributed by atoms with E-state index in [9.17, 15) is 14.4 Å². The molecule has 1 aliphatic heterocycles. The second-order valence-electron chi connectivity index (χ2n) is 5.94. The first kappa shape index (κ1) is 18.4. The summed E-state index contributed by atoms with van der Waals surface area (Å²) in [7, 11) is 0. The van der Waals surface area contributed by atoms with Crippen molar-refractivity contribution in [3.63, 3.8) is 0 Å². The highest BCUT2D eigenvalue weighted by molar-refractivity contribution is 8.01. The normalized spacial score (nSPS) is 19.5. The van der Waals surface area contributed by atoms with Crippen molar-refractivity contribution < 1.29 is 14.4 Å². The van der Waals surface area contributed by atoms with Crippen LogP contribution in [0.4, 0.5) is 4.79 Å². The summed E-state index contributed by atoms with van der Waals surface area (Å²) < 4.78 is 0.745. The number of hydrogen-bond acceptors (Lipinski definition) is 6. The SMILES string of the molecule is CCC1(C)NC(=O)N(NC(=O)CSc2nc(-c3ccccc3)cs2)C1=O. The highest BCUT2D eigenvalue weighted by Gasteiger charge is 2.47. The Hall–Kier alpha value is -2.39. The van der Waals surface area contributed by atoms with Gasteiger partial charge in [-0.05, 0) is 13.3 Å². The molecule has 9 heteroatoms. The molecule has 1 saturated heterocycles. The van der Waals surface area contributed by atoms with Crippen LogP contribution in [0.1, 0.15) is 20.3 Å². The molecule has 0 spiro atoms. The van der Waals surface area contributed by atoms with E-state index in [-0.39, 0.29) is 5.75 Å². The Morgan fingerprint density at radius 3 is 2.73 bits per heavy atom. The van der Waals surface area contributed by atoms with Crippen molar-refractivity contribution in [3.8, 4) is 11.3 Å². The molecule has 1 unspecified atom stereocenters. The number of aromatic nitrogens is 1. The van der Waals surface area contributed by atoms with Gasteiger partial charge in [0.25, 0.3) is 5.91 Å². The number of urea groups is 1. The largest absolute Gasteiger partial charge is 0.344 e. The van der Waals surface area contributed by atoms with Gasteiger partial charge in [-0.2, -0.15) is 5.01 Å². The number of thiazole rings is 1. The highest BCUT2D eigenvalue weighted by Crippen LogP contribution is 2.28. The molecule has 3 rings (SSSR count). The first-order valence-electron chi connectivity index (χ1n) is 8.03. The van der Waals surface area contributed by atoms with Crippen LogP contribution in [0, 0.1) is 0 Å². The molecule has 2 heterocycles. The quantitative estimate of drug-likeness (QED) is 0.584. The lowest BCUT2D eigenvalue weighted by Gasteiger charge is -2.19. The van der Waals surface area contributed by atoms with Gasteiger partial charge in [-0.1, -0.05) is 49.0 Å². The predicted octanol–water partition coefficient (Wildman–Crippen LogP) is 2.65. The summed E-state index contributed by atoms with van der Waals surface area (Å²) in [5.74, 6) is -0.832. The summed E-state index contributed by atoms with van der Waals surface area (Å²) in [6, 6.07) is 9.15. The van der Waals surface area contributed by atoms with Crippen LogP contribution in [0.3, 0.4) is 0 Å². The zero-order valence-corrected chi connectivity index (χ0v) is 15.9. The molecule has 0 saturated carbocycles. The minimum absolute atomic E-state index is 0.0572. The lowest BCUT2D eigenvalue weighted by atomic mass is 10.00. The molecule has 4 amide bonds. The minimum atomic E-state index is -0.975.